The summed E-state index contributed by atoms with van der Waals surface area (Å²) in [5, 5.41) is 10.7. The molecule has 2 N–H and O–H groups in total. The predicted molar refractivity (Wildman–Crippen MR) is 70.9 cm³/mol. The number of nitro benzene ring substituents is 1. The molecule has 1 heterocycles. The van der Waals surface area contributed by atoms with E-state index >= 15 is 0 Å². The average molecular weight is 295 g/mol. The third kappa shape index (κ3) is 3.15. The lowest BCUT2D eigenvalue weighted by molar-refractivity contribution is -0.384. The van der Waals surface area contributed by atoms with Crippen molar-refractivity contribution in [2.45, 2.75) is 12.8 Å². The first-order valence-corrected chi connectivity index (χ1v) is 6.42. The molecule has 1 aromatic carbocycles. The molecule has 1 aliphatic rings. The zero-order chi connectivity index (χ0) is 15.6. The highest BCUT2D eigenvalue weighted by atomic mass is 19.1. The van der Waals surface area contributed by atoms with Crippen molar-refractivity contribution < 1.29 is 18.9 Å². The van der Waals surface area contributed by atoms with Gasteiger partial charge in [0, 0.05) is 31.1 Å². The van der Waals surface area contributed by atoms with Crippen molar-refractivity contribution in [3.63, 3.8) is 0 Å². The Labute approximate surface area is 119 Å². The van der Waals surface area contributed by atoms with Gasteiger partial charge in [-0.15, -0.1) is 0 Å². The molecular weight excluding hydrogens is 281 g/mol. The minimum atomic E-state index is -0.803. The van der Waals surface area contributed by atoms with Crippen LogP contribution in [0.4, 0.5) is 10.1 Å². The van der Waals surface area contributed by atoms with Gasteiger partial charge in [-0.1, -0.05) is 0 Å². The van der Waals surface area contributed by atoms with E-state index in [1.54, 1.807) is 0 Å². The Morgan fingerprint density at radius 1 is 1.33 bits per heavy atom. The van der Waals surface area contributed by atoms with Crippen LogP contribution in [0, 0.1) is 21.8 Å². The van der Waals surface area contributed by atoms with Crippen LogP contribution in [-0.2, 0) is 4.79 Å². The minimum Gasteiger partial charge on any atom is -0.369 e. The SMILES string of the molecule is NC(=O)C1CCN(C(=O)c2cc([N+](=O)[O-])ccc2F)CC1. The maximum Gasteiger partial charge on any atom is 0.270 e. The van der Waals surface area contributed by atoms with Gasteiger partial charge < -0.3 is 10.6 Å². The van der Waals surface area contributed by atoms with E-state index in [4.69, 9.17) is 5.73 Å². The molecular formula is C13H14FN3O4. The number of amides is 2. The highest BCUT2D eigenvalue weighted by molar-refractivity contribution is 5.95. The number of non-ortho nitro benzene ring substituents is 1. The largest absolute Gasteiger partial charge is 0.369 e. The van der Waals surface area contributed by atoms with Gasteiger partial charge in [-0.2, -0.15) is 0 Å². The second-order valence-corrected chi connectivity index (χ2v) is 4.89. The second-order valence-electron chi connectivity index (χ2n) is 4.89. The summed E-state index contributed by atoms with van der Waals surface area (Å²) in [5.41, 5.74) is 4.53. The highest BCUT2D eigenvalue weighted by Gasteiger charge is 2.28. The molecule has 112 valence electrons. The van der Waals surface area contributed by atoms with Gasteiger partial charge in [0.25, 0.3) is 11.6 Å². The van der Waals surface area contributed by atoms with Gasteiger partial charge in [-0.05, 0) is 18.9 Å². The fourth-order valence-corrected chi connectivity index (χ4v) is 2.33. The van der Waals surface area contributed by atoms with Crippen LogP contribution < -0.4 is 5.73 Å². The maximum absolute atomic E-state index is 13.7. The molecule has 7 nitrogen and oxygen atoms in total. The van der Waals surface area contributed by atoms with Gasteiger partial charge in [0.1, 0.15) is 5.82 Å². The zero-order valence-electron chi connectivity index (χ0n) is 11.1. The summed E-state index contributed by atoms with van der Waals surface area (Å²) >= 11 is 0. The van der Waals surface area contributed by atoms with Gasteiger partial charge in [0.2, 0.25) is 5.91 Å². The van der Waals surface area contributed by atoms with E-state index in [9.17, 15) is 24.1 Å². The lowest BCUT2D eigenvalue weighted by Gasteiger charge is -2.30. The van der Waals surface area contributed by atoms with Crippen LogP contribution in [0.15, 0.2) is 18.2 Å². The molecule has 1 aliphatic heterocycles. The number of benzene rings is 1. The van der Waals surface area contributed by atoms with Crippen molar-refractivity contribution in [3.8, 4) is 0 Å². The molecule has 21 heavy (non-hydrogen) atoms. The lowest BCUT2D eigenvalue weighted by atomic mass is 9.96. The number of nitro groups is 1. The normalized spacial score (nSPS) is 15.8. The van der Waals surface area contributed by atoms with Gasteiger partial charge in [-0.3, -0.25) is 19.7 Å². The van der Waals surface area contributed by atoms with Crippen LogP contribution in [0.5, 0.6) is 0 Å². The Kier molecular flexibility index (Phi) is 4.15. The average Bonchev–Trinajstić information content (AvgIpc) is 2.47. The standard InChI is InChI=1S/C13H14FN3O4/c14-11-2-1-9(17(20)21)7-10(11)13(19)16-5-3-8(4-6-16)12(15)18/h1-2,7-8H,3-6H2,(H2,15,18). The molecule has 1 aromatic rings. The van der Waals surface area contributed by atoms with Crippen molar-refractivity contribution in [2.24, 2.45) is 11.7 Å². The first-order valence-electron chi connectivity index (χ1n) is 6.42. The fourth-order valence-electron chi connectivity index (χ4n) is 2.33. The number of likely N-dealkylation sites (tertiary alicyclic amines) is 1. The number of hydrogen-bond donors (Lipinski definition) is 1. The molecule has 2 amide bonds. The number of nitrogens with two attached hydrogens (primary N) is 1. The molecule has 0 radical (unpaired) electrons. The Balaban J connectivity index is 2.16. The minimum absolute atomic E-state index is 0.272. The van der Waals surface area contributed by atoms with E-state index < -0.39 is 22.6 Å². The summed E-state index contributed by atoms with van der Waals surface area (Å²) in [6.45, 7) is 0.545. The summed E-state index contributed by atoms with van der Waals surface area (Å²) in [6, 6.07) is 2.84. The van der Waals surface area contributed by atoms with Crippen LogP contribution >= 0.6 is 0 Å². The van der Waals surface area contributed by atoms with Crippen LogP contribution in [0.1, 0.15) is 23.2 Å². The first kappa shape index (κ1) is 14.9. The first-order chi connectivity index (χ1) is 9.90. The number of rotatable bonds is 3. The Hall–Kier alpha value is -2.51. The number of carbonyl (C=O) groups excluding carboxylic acids is 2. The number of carbonyl (C=O) groups is 2. The lowest BCUT2D eigenvalue weighted by Crippen LogP contribution is -2.42. The third-order valence-electron chi connectivity index (χ3n) is 3.58. The molecule has 0 bridgehead atoms. The number of nitrogens with zero attached hydrogens (tertiary/aromatic N) is 2. The number of hydrogen-bond acceptors (Lipinski definition) is 4. The Bertz CT molecular complexity index is 597. The summed E-state index contributed by atoms with van der Waals surface area (Å²) in [6.07, 6.45) is 0.829. The van der Waals surface area contributed by atoms with Crippen LogP contribution in [0.2, 0.25) is 0 Å². The van der Waals surface area contributed by atoms with Crippen LogP contribution in [0.25, 0.3) is 0 Å². The van der Waals surface area contributed by atoms with E-state index in [0.717, 1.165) is 18.2 Å². The van der Waals surface area contributed by atoms with E-state index in [-0.39, 0.29) is 30.3 Å². The Morgan fingerprint density at radius 3 is 2.48 bits per heavy atom. The van der Waals surface area contributed by atoms with Crippen molar-refractivity contribution in [2.75, 3.05) is 13.1 Å². The van der Waals surface area contributed by atoms with Gasteiger partial charge in [0.05, 0.1) is 10.5 Å². The molecule has 0 spiro atoms. The van der Waals surface area contributed by atoms with Gasteiger partial charge >= 0.3 is 0 Å². The van der Waals surface area contributed by atoms with Crippen molar-refractivity contribution in [1.82, 2.24) is 4.90 Å². The summed E-state index contributed by atoms with van der Waals surface area (Å²) in [4.78, 5) is 34.7. The molecule has 0 saturated carbocycles. The summed E-state index contributed by atoms with van der Waals surface area (Å²) in [7, 11) is 0. The van der Waals surface area contributed by atoms with E-state index in [1.165, 1.54) is 4.90 Å². The molecule has 1 saturated heterocycles. The highest BCUT2D eigenvalue weighted by Crippen LogP contribution is 2.22. The maximum atomic E-state index is 13.7. The third-order valence-corrected chi connectivity index (χ3v) is 3.58. The number of primary amides is 1. The monoisotopic (exact) mass is 295 g/mol. The van der Waals surface area contributed by atoms with Gasteiger partial charge in [-0.25, -0.2) is 4.39 Å². The smallest absolute Gasteiger partial charge is 0.270 e. The molecule has 8 heteroatoms. The molecule has 0 atom stereocenters. The van der Waals surface area contributed by atoms with E-state index in [2.05, 4.69) is 0 Å². The fraction of sp³-hybridized carbons (Fsp3) is 0.385. The second kappa shape index (κ2) is 5.86. The zero-order valence-corrected chi connectivity index (χ0v) is 11.1. The molecule has 1 fully saturated rings. The summed E-state index contributed by atoms with van der Waals surface area (Å²) < 4.78 is 13.7. The topological polar surface area (TPSA) is 107 Å². The quantitative estimate of drug-likeness (QED) is 0.664. The van der Waals surface area contributed by atoms with Crippen molar-refractivity contribution in [1.29, 1.82) is 0 Å². The number of halogens is 1. The number of piperidine rings is 1. The van der Waals surface area contributed by atoms with E-state index in [0.29, 0.717) is 12.8 Å². The molecule has 0 unspecified atom stereocenters. The molecule has 0 aliphatic carbocycles. The van der Waals surface area contributed by atoms with Crippen molar-refractivity contribution in [3.05, 3.63) is 39.7 Å². The van der Waals surface area contributed by atoms with Crippen LogP contribution in [-0.4, -0.2) is 34.7 Å². The summed E-state index contributed by atoms with van der Waals surface area (Å²) in [5.74, 6) is -2.12. The van der Waals surface area contributed by atoms with Crippen LogP contribution in [0.3, 0.4) is 0 Å². The van der Waals surface area contributed by atoms with E-state index in [1.807, 2.05) is 0 Å². The molecule has 0 aromatic heterocycles. The van der Waals surface area contributed by atoms with Gasteiger partial charge in [0.15, 0.2) is 0 Å². The molecule has 2 rings (SSSR count). The van der Waals surface area contributed by atoms with Crippen molar-refractivity contribution >= 4 is 17.5 Å². The Morgan fingerprint density at radius 2 is 1.95 bits per heavy atom. The predicted octanol–water partition coefficient (Wildman–Crippen LogP) is 1.07.